The molecule has 2 rings (SSSR count). The van der Waals surface area contributed by atoms with Crippen LogP contribution in [0.3, 0.4) is 0 Å². The van der Waals surface area contributed by atoms with Crippen LogP contribution in [0.25, 0.3) is 0 Å². The van der Waals surface area contributed by atoms with Gasteiger partial charge in [-0.05, 0) is 17.7 Å². The van der Waals surface area contributed by atoms with E-state index in [0.29, 0.717) is 31.0 Å². The van der Waals surface area contributed by atoms with Gasteiger partial charge in [-0.3, -0.25) is 4.68 Å². The van der Waals surface area contributed by atoms with Crippen molar-refractivity contribution < 1.29 is 13.5 Å². The van der Waals surface area contributed by atoms with E-state index >= 15 is 0 Å². The molecule has 6 heteroatoms. The van der Waals surface area contributed by atoms with Crippen molar-refractivity contribution in [2.45, 2.75) is 6.54 Å². The van der Waals surface area contributed by atoms with E-state index < -0.39 is 11.6 Å². The molecule has 2 N–H and O–H groups in total. The zero-order valence-electron chi connectivity index (χ0n) is 9.64. The highest BCUT2D eigenvalue weighted by atomic mass is 19.2. The summed E-state index contributed by atoms with van der Waals surface area (Å²) < 4.78 is 32.6. The van der Waals surface area contributed by atoms with Gasteiger partial charge in [-0.15, -0.1) is 0 Å². The first-order chi connectivity index (χ1) is 8.69. The lowest BCUT2D eigenvalue weighted by Crippen LogP contribution is -2.10. The molecule has 2 aromatic rings. The predicted octanol–water partition coefficient (Wildman–Crippen LogP) is 1.55. The second-order valence-corrected chi connectivity index (χ2v) is 3.76. The fourth-order valence-corrected chi connectivity index (χ4v) is 1.51. The number of hydrogen-bond acceptors (Lipinski definition) is 3. The number of nitrogens with two attached hydrogens (primary N) is 1. The summed E-state index contributed by atoms with van der Waals surface area (Å²) in [7, 11) is 0. The van der Waals surface area contributed by atoms with Crippen molar-refractivity contribution in [1.29, 1.82) is 0 Å². The van der Waals surface area contributed by atoms with E-state index in [4.69, 9.17) is 10.5 Å². The molecule has 0 atom stereocenters. The summed E-state index contributed by atoms with van der Waals surface area (Å²) in [6.07, 6.45) is 3.23. The Morgan fingerprint density at radius 3 is 2.83 bits per heavy atom. The molecular weight excluding hydrogens is 240 g/mol. The molecule has 0 aliphatic heterocycles. The Bertz CT molecular complexity index is 528. The van der Waals surface area contributed by atoms with Gasteiger partial charge in [-0.2, -0.15) is 5.10 Å². The Hall–Kier alpha value is -1.95. The van der Waals surface area contributed by atoms with Gasteiger partial charge in [0, 0.05) is 6.54 Å². The van der Waals surface area contributed by atoms with Crippen molar-refractivity contribution in [3.8, 4) is 5.75 Å². The van der Waals surface area contributed by atoms with E-state index in [1.54, 1.807) is 17.1 Å². The lowest BCUT2D eigenvalue weighted by molar-refractivity contribution is 0.328. The summed E-state index contributed by atoms with van der Waals surface area (Å²) in [5.41, 5.74) is 5.94. The van der Waals surface area contributed by atoms with E-state index in [-0.39, 0.29) is 0 Å². The van der Waals surface area contributed by atoms with Crippen molar-refractivity contribution in [2.75, 3.05) is 13.2 Å². The van der Waals surface area contributed by atoms with Crippen molar-refractivity contribution in [3.05, 3.63) is 47.8 Å². The van der Waals surface area contributed by atoms with Crippen molar-refractivity contribution in [1.82, 2.24) is 9.78 Å². The zero-order chi connectivity index (χ0) is 13.0. The van der Waals surface area contributed by atoms with E-state index in [1.165, 1.54) is 6.07 Å². The molecule has 96 valence electrons. The second-order valence-electron chi connectivity index (χ2n) is 3.76. The van der Waals surface area contributed by atoms with Crippen LogP contribution in [0.5, 0.6) is 5.75 Å². The molecule has 0 aliphatic carbocycles. The Labute approximate surface area is 103 Å². The van der Waals surface area contributed by atoms with Gasteiger partial charge in [0.05, 0.1) is 18.9 Å². The monoisotopic (exact) mass is 253 g/mol. The molecule has 1 aromatic heterocycles. The number of hydrogen-bond donors (Lipinski definition) is 1. The fourth-order valence-electron chi connectivity index (χ4n) is 1.51. The van der Waals surface area contributed by atoms with Crippen LogP contribution >= 0.6 is 0 Å². The summed E-state index contributed by atoms with van der Waals surface area (Å²) in [5, 5.41) is 4.05. The maximum Gasteiger partial charge on any atom is 0.159 e. The predicted molar refractivity (Wildman–Crippen MR) is 62.2 cm³/mol. The van der Waals surface area contributed by atoms with Gasteiger partial charge in [-0.1, -0.05) is 6.07 Å². The maximum atomic E-state index is 13.0. The highest BCUT2D eigenvalue weighted by Gasteiger charge is 2.04. The molecule has 0 unspecified atom stereocenters. The average Bonchev–Trinajstić information content (AvgIpc) is 2.79. The molecule has 0 radical (unpaired) electrons. The van der Waals surface area contributed by atoms with Crippen LogP contribution < -0.4 is 10.5 Å². The number of rotatable bonds is 5. The average molecular weight is 253 g/mol. The SMILES string of the molecule is NCCOc1cnn(Cc2ccc(F)c(F)c2)c1. The number of nitrogens with zero attached hydrogens (tertiary/aromatic N) is 2. The summed E-state index contributed by atoms with van der Waals surface area (Å²) in [4.78, 5) is 0. The molecule has 1 heterocycles. The lowest BCUT2D eigenvalue weighted by atomic mass is 10.2. The largest absolute Gasteiger partial charge is 0.489 e. The first kappa shape index (κ1) is 12.5. The van der Waals surface area contributed by atoms with Crippen molar-refractivity contribution in [3.63, 3.8) is 0 Å². The van der Waals surface area contributed by atoms with Crippen LogP contribution in [0.1, 0.15) is 5.56 Å². The van der Waals surface area contributed by atoms with Gasteiger partial charge in [0.1, 0.15) is 6.61 Å². The molecule has 0 amide bonds. The molecule has 4 nitrogen and oxygen atoms in total. The van der Waals surface area contributed by atoms with Crippen LogP contribution in [0.4, 0.5) is 8.78 Å². The van der Waals surface area contributed by atoms with Gasteiger partial charge in [0.25, 0.3) is 0 Å². The Balaban J connectivity index is 2.04. The van der Waals surface area contributed by atoms with Gasteiger partial charge in [0.2, 0.25) is 0 Å². The van der Waals surface area contributed by atoms with Crippen molar-refractivity contribution >= 4 is 0 Å². The summed E-state index contributed by atoms with van der Waals surface area (Å²) in [5.74, 6) is -1.12. The second kappa shape index (κ2) is 5.59. The first-order valence-corrected chi connectivity index (χ1v) is 5.48. The molecular formula is C12H13F2N3O. The first-order valence-electron chi connectivity index (χ1n) is 5.48. The van der Waals surface area contributed by atoms with Crippen molar-refractivity contribution in [2.24, 2.45) is 5.73 Å². The molecule has 0 saturated heterocycles. The third kappa shape index (κ3) is 3.04. The van der Waals surface area contributed by atoms with E-state index in [0.717, 1.165) is 12.1 Å². The molecule has 18 heavy (non-hydrogen) atoms. The molecule has 0 bridgehead atoms. The molecule has 0 fully saturated rings. The molecule has 0 aliphatic rings. The lowest BCUT2D eigenvalue weighted by Gasteiger charge is -2.02. The highest BCUT2D eigenvalue weighted by molar-refractivity contribution is 5.19. The number of benzene rings is 1. The minimum Gasteiger partial charge on any atom is -0.489 e. The fraction of sp³-hybridized carbons (Fsp3) is 0.250. The highest BCUT2D eigenvalue weighted by Crippen LogP contribution is 2.12. The Morgan fingerprint density at radius 1 is 1.28 bits per heavy atom. The summed E-state index contributed by atoms with van der Waals surface area (Å²) >= 11 is 0. The van der Waals surface area contributed by atoms with E-state index in [2.05, 4.69) is 5.10 Å². The molecule has 0 saturated carbocycles. The third-order valence-electron chi connectivity index (χ3n) is 2.32. The quantitative estimate of drug-likeness (QED) is 0.879. The normalized spacial score (nSPS) is 10.6. The molecule has 0 spiro atoms. The van der Waals surface area contributed by atoms with Crippen LogP contribution in [0.2, 0.25) is 0 Å². The van der Waals surface area contributed by atoms with E-state index in [9.17, 15) is 8.78 Å². The standard InChI is InChI=1S/C12H13F2N3O/c13-11-2-1-9(5-12(11)14)7-17-8-10(6-16-17)18-4-3-15/h1-2,5-6,8H,3-4,7,15H2. The Kier molecular flexibility index (Phi) is 3.88. The topological polar surface area (TPSA) is 53.1 Å². The van der Waals surface area contributed by atoms with Gasteiger partial charge >= 0.3 is 0 Å². The van der Waals surface area contributed by atoms with E-state index in [1.807, 2.05) is 0 Å². The van der Waals surface area contributed by atoms with Crippen LogP contribution in [-0.4, -0.2) is 22.9 Å². The third-order valence-corrected chi connectivity index (χ3v) is 2.32. The van der Waals surface area contributed by atoms with Crippen LogP contribution in [0, 0.1) is 11.6 Å². The summed E-state index contributed by atoms with van der Waals surface area (Å²) in [6, 6.07) is 3.76. The number of ether oxygens (including phenoxy) is 1. The van der Waals surface area contributed by atoms with Gasteiger partial charge < -0.3 is 10.5 Å². The maximum absolute atomic E-state index is 13.0. The smallest absolute Gasteiger partial charge is 0.159 e. The van der Waals surface area contributed by atoms with Crippen LogP contribution in [-0.2, 0) is 6.54 Å². The number of aromatic nitrogens is 2. The van der Waals surface area contributed by atoms with Gasteiger partial charge in [-0.25, -0.2) is 8.78 Å². The van der Waals surface area contributed by atoms with Crippen LogP contribution in [0.15, 0.2) is 30.6 Å². The zero-order valence-corrected chi connectivity index (χ0v) is 9.64. The Morgan fingerprint density at radius 2 is 2.11 bits per heavy atom. The van der Waals surface area contributed by atoms with Gasteiger partial charge in [0.15, 0.2) is 17.4 Å². The minimum atomic E-state index is -0.862. The molecule has 1 aromatic carbocycles. The summed E-state index contributed by atoms with van der Waals surface area (Å²) in [6.45, 7) is 1.19. The number of halogens is 2. The minimum absolute atomic E-state index is 0.350.